The highest BCUT2D eigenvalue weighted by molar-refractivity contribution is 7.92. The summed E-state index contributed by atoms with van der Waals surface area (Å²) in [5.41, 5.74) is 8.12. The molecule has 1 aromatic carbocycles. The number of benzene rings is 1. The van der Waals surface area contributed by atoms with Gasteiger partial charge in [-0.15, -0.1) is 0 Å². The van der Waals surface area contributed by atoms with Gasteiger partial charge in [-0.05, 0) is 44.5 Å². The Balaban J connectivity index is 2.40. The number of aromatic nitrogens is 1. The summed E-state index contributed by atoms with van der Waals surface area (Å²) in [5.74, 6) is 0.123. The molecule has 3 N–H and O–H groups in total. The van der Waals surface area contributed by atoms with E-state index in [1.165, 1.54) is 12.1 Å². The predicted octanol–water partition coefficient (Wildman–Crippen LogP) is 1.98. The van der Waals surface area contributed by atoms with Crippen LogP contribution in [0.1, 0.15) is 16.8 Å². The lowest BCUT2D eigenvalue weighted by Gasteiger charge is -2.07. The Morgan fingerprint density at radius 1 is 1.21 bits per heavy atom. The van der Waals surface area contributed by atoms with Crippen molar-refractivity contribution in [2.75, 3.05) is 10.5 Å². The van der Waals surface area contributed by atoms with Gasteiger partial charge >= 0.3 is 0 Å². The van der Waals surface area contributed by atoms with E-state index in [0.29, 0.717) is 16.9 Å². The van der Waals surface area contributed by atoms with E-state index in [1.807, 2.05) is 0 Å². The lowest BCUT2D eigenvalue weighted by molar-refractivity contribution is 0.430. The van der Waals surface area contributed by atoms with Crippen LogP contribution >= 0.6 is 0 Å². The zero-order valence-corrected chi connectivity index (χ0v) is 11.7. The number of anilines is 2. The summed E-state index contributed by atoms with van der Waals surface area (Å²) in [6, 6.07) is 4.63. The number of nitrogens with one attached hydrogen (secondary N) is 1. The number of nitrogens with two attached hydrogens (primary N) is 1. The van der Waals surface area contributed by atoms with Crippen LogP contribution in [0.25, 0.3) is 0 Å². The summed E-state index contributed by atoms with van der Waals surface area (Å²) in [4.78, 5) is 0.0958. The van der Waals surface area contributed by atoms with Crippen LogP contribution in [0.15, 0.2) is 27.6 Å². The van der Waals surface area contributed by atoms with Crippen LogP contribution < -0.4 is 10.5 Å². The minimum absolute atomic E-state index is 0.0958. The molecule has 0 aliphatic carbocycles. The van der Waals surface area contributed by atoms with Gasteiger partial charge in [-0.2, -0.15) is 0 Å². The Morgan fingerprint density at radius 3 is 2.42 bits per heavy atom. The highest BCUT2D eigenvalue weighted by Crippen LogP contribution is 2.23. The van der Waals surface area contributed by atoms with Crippen molar-refractivity contribution in [3.8, 4) is 0 Å². The van der Waals surface area contributed by atoms with Crippen molar-refractivity contribution in [3.63, 3.8) is 0 Å². The number of rotatable bonds is 3. The van der Waals surface area contributed by atoms with Gasteiger partial charge < -0.3 is 10.3 Å². The number of aryl methyl sites for hydroxylation is 2. The molecule has 1 heterocycles. The first kappa shape index (κ1) is 13.4. The zero-order valence-electron chi connectivity index (χ0n) is 10.9. The third-order valence-electron chi connectivity index (χ3n) is 2.77. The standard InChI is InChI=1S/C12H15N3O3S/c1-7-4-10(13)6-11(5-7)19(16,17)15-12-8(2)9(3)14-18-12/h4-6,15H,13H2,1-3H3. The minimum atomic E-state index is -3.73. The molecular formula is C12H15N3O3S. The van der Waals surface area contributed by atoms with E-state index in [2.05, 4.69) is 9.88 Å². The monoisotopic (exact) mass is 281 g/mol. The molecule has 7 heteroatoms. The molecule has 102 valence electrons. The van der Waals surface area contributed by atoms with Gasteiger partial charge in [0.1, 0.15) is 0 Å². The maximum atomic E-state index is 12.2. The first-order chi connectivity index (χ1) is 8.79. The molecule has 0 aliphatic rings. The van der Waals surface area contributed by atoms with E-state index in [0.717, 1.165) is 5.56 Å². The van der Waals surface area contributed by atoms with E-state index < -0.39 is 10.0 Å². The van der Waals surface area contributed by atoms with Crippen molar-refractivity contribution >= 4 is 21.6 Å². The number of hydrogen-bond donors (Lipinski definition) is 2. The van der Waals surface area contributed by atoms with Crippen LogP contribution in [0.4, 0.5) is 11.6 Å². The molecule has 0 saturated carbocycles. The van der Waals surface area contributed by atoms with E-state index >= 15 is 0 Å². The summed E-state index contributed by atoms with van der Waals surface area (Å²) in [5, 5.41) is 3.70. The van der Waals surface area contributed by atoms with E-state index in [4.69, 9.17) is 10.3 Å². The fourth-order valence-electron chi connectivity index (χ4n) is 1.62. The molecule has 19 heavy (non-hydrogen) atoms. The van der Waals surface area contributed by atoms with Gasteiger partial charge in [0.15, 0.2) is 0 Å². The molecule has 2 rings (SSSR count). The molecular weight excluding hydrogens is 266 g/mol. The van der Waals surface area contributed by atoms with Gasteiger partial charge in [-0.25, -0.2) is 13.1 Å². The van der Waals surface area contributed by atoms with Crippen LogP contribution in [-0.2, 0) is 10.0 Å². The molecule has 0 bridgehead atoms. The highest BCUT2D eigenvalue weighted by Gasteiger charge is 2.19. The summed E-state index contributed by atoms with van der Waals surface area (Å²) in [6.45, 7) is 5.24. The number of hydrogen-bond acceptors (Lipinski definition) is 5. The quantitative estimate of drug-likeness (QED) is 0.838. The fourth-order valence-corrected chi connectivity index (χ4v) is 2.81. The first-order valence-corrected chi connectivity index (χ1v) is 7.11. The molecule has 0 fully saturated rings. The second-order valence-electron chi connectivity index (χ2n) is 4.41. The molecule has 0 amide bonds. The van der Waals surface area contributed by atoms with Crippen molar-refractivity contribution in [3.05, 3.63) is 35.0 Å². The Labute approximate surface area is 111 Å². The normalized spacial score (nSPS) is 11.5. The summed E-state index contributed by atoms with van der Waals surface area (Å²) in [6.07, 6.45) is 0. The van der Waals surface area contributed by atoms with Crippen molar-refractivity contribution in [1.29, 1.82) is 0 Å². The number of nitrogen functional groups attached to an aromatic ring is 1. The average molecular weight is 281 g/mol. The smallest absolute Gasteiger partial charge is 0.264 e. The van der Waals surface area contributed by atoms with Gasteiger partial charge in [-0.1, -0.05) is 5.16 Å². The minimum Gasteiger partial charge on any atom is -0.399 e. The van der Waals surface area contributed by atoms with E-state index in [-0.39, 0.29) is 10.8 Å². The molecule has 6 nitrogen and oxygen atoms in total. The molecule has 0 spiro atoms. The summed E-state index contributed by atoms with van der Waals surface area (Å²) in [7, 11) is -3.73. The maximum Gasteiger partial charge on any atom is 0.264 e. The molecule has 1 aromatic heterocycles. The highest BCUT2D eigenvalue weighted by atomic mass is 32.2. The first-order valence-electron chi connectivity index (χ1n) is 5.62. The van der Waals surface area contributed by atoms with Gasteiger partial charge in [0, 0.05) is 11.3 Å². The van der Waals surface area contributed by atoms with Crippen molar-refractivity contribution in [2.45, 2.75) is 25.7 Å². The van der Waals surface area contributed by atoms with Crippen LogP contribution in [0.5, 0.6) is 0 Å². The Hall–Kier alpha value is -2.02. The Kier molecular flexibility index (Phi) is 3.23. The SMILES string of the molecule is Cc1cc(N)cc(S(=O)(=O)Nc2onc(C)c2C)c1. The Bertz CT molecular complexity index is 700. The zero-order chi connectivity index (χ0) is 14.2. The average Bonchev–Trinajstić information content (AvgIpc) is 2.59. The third-order valence-corrected chi connectivity index (χ3v) is 4.08. The molecule has 0 aliphatic heterocycles. The number of nitrogens with zero attached hydrogens (tertiary/aromatic N) is 1. The topological polar surface area (TPSA) is 98.2 Å². The van der Waals surface area contributed by atoms with Gasteiger partial charge in [0.2, 0.25) is 5.88 Å². The van der Waals surface area contributed by atoms with Crippen LogP contribution in [0.3, 0.4) is 0 Å². The Morgan fingerprint density at radius 2 is 1.89 bits per heavy atom. The van der Waals surface area contributed by atoms with Crippen molar-refractivity contribution in [1.82, 2.24) is 5.16 Å². The second kappa shape index (κ2) is 4.58. The molecule has 2 aromatic rings. The number of sulfonamides is 1. The molecule has 0 radical (unpaired) electrons. The van der Waals surface area contributed by atoms with Gasteiger partial charge in [0.05, 0.1) is 10.6 Å². The molecule has 0 unspecified atom stereocenters. The largest absolute Gasteiger partial charge is 0.399 e. The summed E-state index contributed by atoms with van der Waals surface area (Å²) < 4.78 is 31.7. The van der Waals surface area contributed by atoms with Crippen LogP contribution in [-0.4, -0.2) is 13.6 Å². The fraction of sp³-hybridized carbons (Fsp3) is 0.250. The lowest BCUT2D eigenvalue weighted by atomic mass is 10.2. The van der Waals surface area contributed by atoms with Crippen LogP contribution in [0.2, 0.25) is 0 Å². The third kappa shape index (κ3) is 2.70. The van der Waals surface area contributed by atoms with Gasteiger partial charge in [0.25, 0.3) is 10.0 Å². The van der Waals surface area contributed by atoms with Gasteiger partial charge in [-0.3, -0.25) is 0 Å². The van der Waals surface area contributed by atoms with E-state index in [9.17, 15) is 8.42 Å². The van der Waals surface area contributed by atoms with E-state index in [1.54, 1.807) is 26.8 Å². The van der Waals surface area contributed by atoms with Crippen LogP contribution in [0, 0.1) is 20.8 Å². The molecule has 0 saturated heterocycles. The van der Waals surface area contributed by atoms with Crippen molar-refractivity contribution in [2.24, 2.45) is 0 Å². The summed E-state index contributed by atoms with van der Waals surface area (Å²) >= 11 is 0. The molecule has 0 atom stereocenters. The second-order valence-corrected chi connectivity index (χ2v) is 6.09. The lowest BCUT2D eigenvalue weighted by Crippen LogP contribution is -2.13. The predicted molar refractivity (Wildman–Crippen MR) is 72.4 cm³/mol. The van der Waals surface area contributed by atoms with Crippen molar-refractivity contribution < 1.29 is 12.9 Å². The maximum absolute atomic E-state index is 12.2.